The lowest BCUT2D eigenvalue weighted by Crippen LogP contribution is -2.20. The first-order valence-electron chi connectivity index (χ1n) is 7.99. The molecule has 4 heteroatoms. The van der Waals surface area contributed by atoms with Gasteiger partial charge in [0, 0.05) is 0 Å². The Morgan fingerprint density at radius 2 is 1.65 bits per heavy atom. The van der Waals surface area contributed by atoms with Crippen LogP contribution in [0.4, 0.5) is 0 Å². The number of hydrogen-bond donors (Lipinski definition) is 0. The minimum Gasteiger partial charge on any atom is -0.466 e. The molecular formula is C19H28O4. The van der Waals surface area contributed by atoms with Crippen molar-refractivity contribution in [3.8, 4) is 0 Å². The summed E-state index contributed by atoms with van der Waals surface area (Å²) in [5.41, 5.74) is 1.81. The lowest BCUT2D eigenvalue weighted by atomic mass is 9.72. The summed E-state index contributed by atoms with van der Waals surface area (Å²) in [6.45, 7) is 10.8. The van der Waals surface area contributed by atoms with E-state index in [0.29, 0.717) is 17.4 Å². The second kappa shape index (κ2) is 8.14. The van der Waals surface area contributed by atoms with E-state index >= 15 is 0 Å². The van der Waals surface area contributed by atoms with E-state index in [2.05, 4.69) is 39.4 Å². The van der Waals surface area contributed by atoms with E-state index in [4.69, 9.17) is 4.74 Å². The van der Waals surface area contributed by atoms with Crippen LogP contribution < -0.4 is 0 Å². The number of methoxy groups -OCH3 is 1. The van der Waals surface area contributed by atoms with E-state index in [1.54, 1.807) is 12.1 Å². The molecule has 0 aromatic heterocycles. The topological polar surface area (TPSA) is 52.6 Å². The van der Waals surface area contributed by atoms with Crippen molar-refractivity contribution in [1.29, 1.82) is 0 Å². The third kappa shape index (κ3) is 6.05. The highest BCUT2D eigenvalue weighted by atomic mass is 16.6. The molecule has 0 saturated heterocycles. The fraction of sp³-hybridized carbons (Fsp3) is 0.579. The summed E-state index contributed by atoms with van der Waals surface area (Å²) in [4.78, 5) is 22.9. The standard InChI is InChI=1S/C19H28O4/c1-13(2)11-16(19(3,4)5)14-7-9-15(10-8-14)18(21)23-12-17(20)22-6/h7-10,13,16H,11-12H2,1-6H3. The highest BCUT2D eigenvalue weighted by Gasteiger charge is 2.27. The summed E-state index contributed by atoms with van der Waals surface area (Å²) in [7, 11) is 1.26. The molecule has 0 heterocycles. The molecule has 0 radical (unpaired) electrons. The Balaban J connectivity index is 2.85. The molecule has 128 valence electrons. The minimum absolute atomic E-state index is 0.150. The second-order valence-electron chi connectivity index (χ2n) is 7.32. The smallest absolute Gasteiger partial charge is 0.344 e. The number of carbonyl (C=O) groups is 2. The predicted octanol–water partition coefficient (Wildman–Crippen LogP) is 4.19. The minimum atomic E-state index is -0.570. The Kier molecular flexibility index (Phi) is 6.79. The van der Waals surface area contributed by atoms with Crippen LogP contribution >= 0.6 is 0 Å². The Morgan fingerprint density at radius 1 is 1.09 bits per heavy atom. The zero-order valence-corrected chi connectivity index (χ0v) is 15.0. The average Bonchev–Trinajstić information content (AvgIpc) is 2.48. The molecule has 0 fully saturated rings. The summed E-state index contributed by atoms with van der Waals surface area (Å²) in [5, 5.41) is 0. The monoisotopic (exact) mass is 320 g/mol. The predicted molar refractivity (Wildman–Crippen MR) is 90.4 cm³/mol. The van der Waals surface area contributed by atoms with Gasteiger partial charge in [-0.05, 0) is 41.4 Å². The van der Waals surface area contributed by atoms with E-state index in [9.17, 15) is 9.59 Å². The van der Waals surface area contributed by atoms with Gasteiger partial charge in [-0.3, -0.25) is 0 Å². The van der Waals surface area contributed by atoms with Gasteiger partial charge in [0.25, 0.3) is 0 Å². The van der Waals surface area contributed by atoms with Crippen molar-refractivity contribution in [2.75, 3.05) is 13.7 Å². The van der Waals surface area contributed by atoms with E-state index < -0.39 is 11.9 Å². The van der Waals surface area contributed by atoms with Crippen molar-refractivity contribution in [3.63, 3.8) is 0 Å². The SMILES string of the molecule is COC(=O)COC(=O)c1ccc(C(CC(C)C)C(C)(C)C)cc1. The molecule has 0 saturated carbocycles. The van der Waals surface area contributed by atoms with Gasteiger partial charge in [0.1, 0.15) is 0 Å². The molecule has 1 atom stereocenters. The fourth-order valence-corrected chi connectivity index (χ4v) is 2.58. The van der Waals surface area contributed by atoms with Crippen molar-refractivity contribution in [2.45, 2.75) is 47.0 Å². The molecule has 0 aliphatic heterocycles. The van der Waals surface area contributed by atoms with Gasteiger partial charge in [0.05, 0.1) is 12.7 Å². The van der Waals surface area contributed by atoms with Crippen LogP contribution in [0.25, 0.3) is 0 Å². The van der Waals surface area contributed by atoms with Crippen molar-refractivity contribution < 1.29 is 19.1 Å². The molecule has 0 spiro atoms. The third-order valence-corrected chi connectivity index (χ3v) is 3.85. The fourth-order valence-electron chi connectivity index (χ4n) is 2.58. The summed E-state index contributed by atoms with van der Waals surface area (Å²) >= 11 is 0. The van der Waals surface area contributed by atoms with Gasteiger partial charge in [-0.15, -0.1) is 0 Å². The maximum Gasteiger partial charge on any atom is 0.344 e. The summed E-state index contributed by atoms with van der Waals surface area (Å²) in [6, 6.07) is 7.47. The lowest BCUT2D eigenvalue weighted by Gasteiger charge is -2.32. The van der Waals surface area contributed by atoms with Gasteiger partial charge in [0.15, 0.2) is 6.61 Å². The highest BCUT2D eigenvalue weighted by molar-refractivity contribution is 5.90. The molecule has 1 rings (SSSR count). The third-order valence-electron chi connectivity index (χ3n) is 3.85. The molecule has 0 bridgehead atoms. The molecule has 0 amide bonds. The largest absolute Gasteiger partial charge is 0.466 e. The molecule has 1 unspecified atom stereocenters. The summed E-state index contributed by atoms with van der Waals surface area (Å²) < 4.78 is 9.34. The van der Waals surface area contributed by atoms with Crippen LogP contribution in [0.3, 0.4) is 0 Å². The summed E-state index contributed by atoms with van der Waals surface area (Å²) in [5.74, 6) is -0.0654. The molecule has 23 heavy (non-hydrogen) atoms. The van der Waals surface area contributed by atoms with Gasteiger partial charge < -0.3 is 9.47 Å². The van der Waals surface area contributed by atoms with Gasteiger partial charge in [-0.2, -0.15) is 0 Å². The first-order chi connectivity index (χ1) is 10.6. The van der Waals surface area contributed by atoms with E-state index in [0.717, 1.165) is 6.42 Å². The van der Waals surface area contributed by atoms with E-state index in [-0.39, 0.29) is 12.0 Å². The van der Waals surface area contributed by atoms with Gasteiger partial charge in [-0.1, -0.05) is 46.8 Å². The molecule has 4 nitrogen and oxygen atoms in total. The van der Waals surface area contributed by atoms with Crippen LogP contribution in [0.15, 0.2) is 24.3 Å². The van der Waals surface area contributed by atoms with Crippen LogP contribution in [0.2, 0.25) is 0 Å². The van der Waals surface area contributed by atoms with Crippen LogP contribution in [0.5, 0.6) is 0 Å². The number of hydrogen-bond acceptors (Lipinski definition) is 4. The van der Waals surface area contributed by atoms with Crippen molar-refractivity contribution in [3.05, 3.63) is 35.4 Å². The van der Waals surface area contributed by atoms with Crippen molar-refractivity contribution >= 4 is 11.9 Å². The van der Waals surface area contributed by atoms with Crippen LogP contribution in [-0.2, 0) is 14.3 Å². The maximum atomic E-state index is 11.9. The number of esters is 2. The normalized spacial score (nSPS) is 12.8. The summed E-state index contributed by atoms with van der Waals surface area (Å²) in [6.07, 6.45) is 1.09. The molecule has 0 aliphatic rings. The second-order valence-corrected chi connectivity index (χ2v) is 7.32. The molecule has 1 aromatic carbocycles. The lowest BCUT2D eigenvalue weighted by molar-refractivity contribution is -0.144. The van der Waals surface area contributed by atoms with Gasteiger partial charge in [0.2, 0.25) is 0 Å². The van der Waals surface area contributed by atoms with Gasteiger partial charge in [-0.25, -0.2) is 9.59 Å². The van der Waals surface area contributed by atoms with Crippen LogP contribution in [-0.4, -0.2) is 25.7 Å². The molecular weight excluding hydrogens is 292 g/mol. The number of rotatable bonds is 6. The highest BCUT2D eigenvalue weighted by Crippen LogP contribution is 2.39. The first kappa shape index (κ1) is 19.2. The molecule has 0 N–H and O–H groups in total. The molecule has 1 aromatic rings. The Hall–Kier alpha value is -1.84. The molecule has 0 aliphatic carbocycles. The van der Waals surface area contributed by atoms with Crippen molar-refractivity contribution in [2.24, 2.45) is 11.3 Å². The van der Waals surface area contributed by atoms with Crippen LogP contribution in [0.1, 0.15) is 62.9 Å². The van der Waals surface area contributed by atoms with Crippen molar-refractivity contribution in [1.82, 2.24) is 0 Å². The Morgan fingerprint density at radius 3 is 2.09 bits per heavy atom. The number of ether oxygens (including phenoxy) is 2. The quantitative estimate of drug-likeness (QED) is 0.737. The van der Waals surface area contributed by atoms with Crippen LogP contribution in [0, 0.1) is 11.3 Å². The van der Waals surface area contributed by atoms with E-state index in [1.165, 1.54) is 12.7 Å². The Bertz CT molecular complexity index is 523. The Labute approximate surface area is 139 Å². The number of carbonyl (C=O) groups excluding carboxylic acids is 2. The first-order valence-corrected chi connectivity index (χ1v) is 7.99. The van der Waals surface area contributed by atoms with Gasteiger partial charge >= 0.3 is 11.9 Å². The number of benzene rings is 1. The average molecular weight is 320 g/mol. The zero-order valence-electron chi connectivity index (χ0n) is 15.0. The zero-order chi connectivity index (χ0) is 17.6. The van der Waals surface area contributed by atoms with E-state index in [1.807, 2.05) is 12.1 Å². The maximum absolute atomic E-state index is 11.9.